The maximum Gasteiger partial charge on any atom is 0.448 e. The van der Waals surface area contributed by atoms with Gasteiger partial charge >= 0.3 is 11.9 Å². The molecule has 2 rings (SSSR count). The van der Waals surface area contributed by atoms with Crippen molar-refractivity contribution in [2.75, 3.05) is 6.54 Å². The van der Waals surface area contributed by atoms with Crippen LogP contribution in [0.4, 0.5) is 13.2 Å². The molecule has 1 N–H and O–H groups in total. The van der Waals surface area contributed by atoms with Crippen LogP contribution in [-0.4, -0.2) is 40.2 Å². The summed E-state index contributed by atoms with van der Waals surface area (Å²) in [5.41, 5.74) is -3.33. The third-order valence-electron chi connectivity index (χ3n) is 2.94. The summed E-state index contributed by atoms with van der Waals surface area (Å²) in [4.78, 5) is 16.0. The Morgan fingerprint density at radius 2 is 1.90 bits per heavy atom. The molecule has 0 spiro atoms. The molecular weight excluding hydrogens is 273 g/mol. The Morgan fingerprint density at radius 3 is 2.40 bits per heavy atom. The van der Waals surface area contributed by atoms with Crippen molar-refractivity contribution < 1.29 is 23.1 Å². The standard InChI is InChI=1S/C13H13F3N2O2/c1-2-8-18-10(9-6-4-3-5-7-9)17-12(20,11(18)19)13(14,15)16/h3-7,20H,2,8H2,1H3. The number of rotatable bonds is 3. The van der Waals surface area contributed by atoms with Gasteiger partial charge in [0.15, 0.2) is 0 Å². The number of amidine groups is 1. The van der Waals surface area contributed by atoms with E-state index in [0.29, 0.717) is 12.0 Å². The van der Waals surface area contributed by atoms with Crippen molar-refractivity contribution >= 4 is 11.7 Å². The number of halogens is 3. The van der Waals surface area contributed by atoms with Crippen molar-refractivity contribution in [2.45, 2.75) is 25.2 Å². The van der Waals surface area contributed by atoms with E-state index < -0.39 is 17.8 Å². The first-order valence-electron chi connectivity index (χ1n) is 6.07. The van der Waals surface area contributed by atoms with Crippen LogP contribution >= 0.6 is 0 Å². The first-order valence-corrected chi connectivity index (χ1v) is 6.07. The van der Waals surface area contributed by atoms with E-state index in [-0.39, 0.29) is 12.4 Å². The van der Waals surface area contributed by atoms with E-state index >= 15 is 0 Å². The molecule has 4 nitrogen and oxygen atoms in total. The van der Waals surface area contributed by atoms with Gasteiger partial charge in [-0.3, -0.25) is 9.69 Å². The largest absolute Gasteiger partial charge is 0.448 e. The van der Waals surface area contributed by atoms with Crippen molar-refractivity contribution in [1.82, 2.24) is 4.90 Å². The molecule has 0 fully saturated rings. The molecule has 1 aromatic carbocycles. The molecule has 1 aromatic rings. The fourth-order valence-electron chi connectivity index (χ4n) is 1.97. The topological polar surface area (TPSA) is 52.9 Å². The minimum absolute atomic E-state index is 0.0605. The van der Waals surface area contributed by atoms with Crippen molar-refractivity contribution in [3.63, 3.8) is 0 Å². The second-order valence-corrected chi connectivity index (χ2v) is 4.43. The van der Waals surface area contributed by atoms with Gasteiger partial charge in [0.05, 0.1) is 0 Å². The van der Waals surface area contributed by atoms with Crippen LogP contribution in [0.25, 0.3) is 0 Å². The minimum Gasteiger partial charge on any atom is -0.355 e. The van der Waals surface area contributed by atoms with Gasteiger partial charge in [-0.25, -0.2) is 4.99 Å². The van der Waals surface area contributed by atoms with Crippen LogP contribution in [-0.2, 0) is 4.79 Å². The molecular formula is C13H13F3N2O2. The maximum atomic E-state index is 12.9. The second kappa shape index (κ2) is 4.90. The number of benzene rings is 1. The van der Waals surface area contributed by atoms with E-state index in [0.717, 1.165) is 4.90 Å². The number of carbonyl (C=O) groups excluding carboxylic acids is 1. The number of aliphatic imine (C=N–C) groups is 1. The number of amides is 1. The van der Waals surface area contributed by atoms with Gasteiger partial charge in [-0.1, -0.05) is 37.3 Å². The third-order valence-corrected chi connectivity index (χ3v) is 2.94. The summed E-state index contributed by atoms with van der Waals surface area (Å²) in [5, 5.41) is 9.62. The number of carbonyl (C=O) groups is 1. The van der Waals surface area contributed by atoms with Crippen LogP contribution in [0.2, 0.25) is 0 Å². The van der Waals surface area contributed by atoms with Crippen LogP contribution in [0.15, 0.2) is 35.3 Å². The van der Waals surface area contributed by atoms with Gasteiger partial charge in [-0.2, -0.15) is 13.2 Å². The summed E-state index contributed by atoms with van der Waals surface area (Å²) < 4.78 is 38.7. The Kier molecular flexibility index (Phi) is 3.56. The Morgan fingerprint density at radius 1 is 1.30 bits per heavy atom. The molecule has 0 aliphatic carbocycles. The molecule has 1 heterocycles. The van der Waals surface area contributed by atoms with Crippen LogP contribution < -0.4 is 0 Å². The number of hydrogen-bond donors (Lipinski definition) is 1. The summed E-state index contributed by atoms with van der Waals surface area (Å²) >= 11 is 0. The van der Waals surface area contributed by atoms with Gasteiger partial charge in [-0.05, 0) is 6.42 Å². The average Bonchev–Trinajstić information content (AvgIpc) is 2.66. The lowest BCUT2D eigenvalue weighted by Crippen LogP contribution is -2.52. The molecule has 7 heteroatoms. The zero-order valence-electron chi connectivity index (χ0n) is 10.7. The van der Waals surface area contributed by atoms with Crippen molar-refractivity contribution in [1.29, 1.82) is 0 Å². The lowest BCUT2D eigenvalue weighted by molar-refractivity contribution is -0.248. The first-order chi connectivity index (χ1) is 9.31. The van der Waals surface area contributed by atoms with Gasteiger partial charge in [0.1, 0.15) is 5.84 Å². The van der Waals surface area contributed by atoms with Crippen LogP contribution in [0.1, 0.15) is 18.9 Å². The van der Waals surface area contributed by atoms with Crippen LogP contribution in [0.5, 0.6) is 0 Å². The summed E-state index contributed by atoms with van der Waals surface area (Å²) in [5.74, 6) is -1.61. The third kappa shape index (κ3) is 2.18. The Balaban J connectivity index is 2.52. The highest BCUT2D eigenvalue weighted by Gasteiger charge is 2.65. The number of nitrogens with zero attached hydrogens (tertiary/aromatic N) is 2. The highest BCUT2D eigenvalue weighted by Crippen LogP contribution is 2.38. The quantitative estimate of drug-likeness (QED) is 0.923. The summed E-state index contributed by atoms with van der Waals surface area (Å²) in [6, 6.07) is 8.02. The van der Waals surface area contributed by atoms with E-state index in [1.54, 1.807) is 25.1 Å². The number of hydrogen-bond acceptors (Lipinski definition) is 3. The molecule has 1 aliphatic heterocycles. The van der Waals surface area contributed by atoms with E-state index in [2.05, 4.69) is 4.99 Å². The van der Waals surface area contributed by atoms with Gasteiger partial charge in [0.2, 0.25) is 0 Å². The van der Waals surface area contributed by atoms with Gasteiger partial charge < -0.3 is 5.11 Å². The van der Waals surface area contributed by atoms with Gasteiger partial charge in [0.25, 0.3) is 5.91 Å². The normalized spacial score (nSPS) is 23.1. The fraction of sp³-hybridized carbons (Fsp3) is 0.385. The maximum absolute atomic E-state index is 12.9. The molecule has 0 aromatic heterocycles. The molecule has 1 aliphatic rings. The molecule has 1 atom stereocenters. The van der Waals surface area contributed by atoms with E-state index in [4.69, 9.17) is 0 Å². The minimum atomic E-state index is -5.15. The molecule has 108 valence electrons. The summed E-state index contributed by atoms with van der Waals surface area (Å²) in [6.45, 7) is 1.78. The fourth-order valence-corrected chi connectivity index (χ4v) is 1.97. The van der Waals surface area contributed by atoms with Gasteiger partial charge in [-0.15, -0.1) is 0 Å². The van der Waals surface area contributed by atoms with Crippen LogP contribution in [0.3, 0.4) is 0 Å². The molecule has 0 saturated heterocycles. The SMILES string of the molecule is CCCN1C(=O)C(O)(C(F)(F)F)N=C1c1ccccc1. The smallest absolute Gasteiger partial charge is 0.355 e. The predicted molar refractivity (Wildman–Crippen MR) is 66.0 cm³/mol. The van der Waals surface area contributed by atoms with Crippen molar-refractivity contribution in [2.24, 2.45) is 4.99 Å². The Hall–Kier alpha value is -1.89. The van der Waals surface area contributed by atoms with Crippen LogP contribution in [0, 0.1) is 0 Å². The second-order valence-electron chi connectivity index (χ2n) is 4.43. The average molecular weight is 286 g/mol. The molecule has 0 radical (unpaired) electrons. The predicted octanol–water partition coefficient (Wildman–Crippen LogP) is 1.94. The molecule has 1 amide bonds. The first kappa shape index (κ1) is 14.5. The van der Waals surface area contributed by atoms with E-state index in [1.165, 1.54) is 12.1 Å². The Labute approximate surface area is 113 Å². The van der Waals surface area contributed by atoms with E-state index in [9.17, 15) is 23.1 Å². The highest BCUT2D eigenvalue weighted by atomic mass is 19.4. The molecule has 1 unspecified atom stereocenters. The molecule has 0 saturated carbocycles. The van der Waals surface area contributed by atoms with Gasteiger partial charge in [0, 0.05) is 12.1 Å². The van der Waals surface area contributed by atoms with E-state index in [1.807, 2.05) is 0 Å². The lowest BCUT2D eigenvalue weighted by atomic mass is 10.2. The lowest BCUT2D eigenvalue weighted by Gasteiger charge is -2.23. The van der Waals surface area contributed by atoms with Crippen molar-refractivity contribution in [3.8, 4) is 0 Å². The molecule has 20 heavy (non-hydrogen) atoms. The zero-order valence-corrected chi connectivity index (χ0v) is 10.7. The monoisotopic (exact) mass is 286 g/mol. The summed E-state index contributed by atoms with van der Waals surface area (Å²) in [7, 11) is 0. The number of aliphatic hydroxyl groups is 1. The van der Waals surface area contributed by atoms with Crippen molar-refractivity contribution in [3.05, 3.63) is 35.9 Å². The number of alkyl halides is 3. The highest BCUT2D eigenvalue weighted by molar-refractivity contribution is 6.14. The Bertz CT molecular complexity index is 542. The molecule has 0 bridgehead atoms. The summed E-state index contributed by atoms with van der Waals surface area (Å²) in [6.07, 6.45) is -4.70. The zero-order chi connectivity index (χ0) is 15.0.